The summed E-state index contributed by atoms with van der Waals surface area (Å²) < 4.78 is 0. The van der Waals surface area contributed by atoms with Gasteiger partial charge in [0, 0.05) is 28.7 Å². The second-order valence-corrected chi connectivity index (χ2v) is 3.78. The first-order valence-electron chi connectivity index (χ1n) is 4.96. The predicted molar refractivity (Wildman–Crippen MR) is 63.6 cm³/mol. The lowest BCUT2D eigenvalue weighted by Gasteiger charge is -2.06. The molecule has 0 fully saturated rings. The van der Waals surface area contributed by atoms with Crippen LogP contribution in [0.2, 0.25) is 0 Å². The molecule has 2 nitrogen and oxygen atoms in total. The summed E-state index contributed by atoms with van der Waals surface area (Å²) in [6, 6.07) is 10.1. The molecular formula is C13H14N2. The molecule has 2 heteroatoms. The smallest absolute Gasteiger partial charge is 0.0394 e. The highest BCUT2D eigenvalue weighted by Crippen LogP contribution is 2.26. The second-order valence-electron chi connectivity index (χ2n) is 3.78. The van der Waals surface area contributed by atoms with Gasteiger partial charge in [-0.1, -0.05) is 17.7 Å². The van der Waals surface area contributed by atoms with Crippen LogP contribution in [-0.4, -0.2) is 4.98 Å². The van der Waals surface area contributed by atoms with Gasteiger partial charge in [0.1, 0.15) is 0 Å². The molecule has 0 bridgehead atoms. The van der Waals surface area contributed by atoms with E-state index in [1.807, 2.05) is 37.4 Å². The summed E-state index contributed by atoms with van der Waals surface area (Å²) >= 11 is 0. The van der Waals surface area contributed by atoms with Crippen molar-refractivity contribution in [3.05, 3.63) is 47.8 Å². The van der Waals surface area contributed by atoms with Crippen LogP contribution in [-0.2, 0) is 0 Å². The molecule has 0 spiro atoms. The Balaban J connectivity index is 2.53. The van der Waals surface area contributed by atoms with E-state index in [0.29, 0.717) is 0 Å². The zero-order valence-corrected chi connectivity index (χ0v) is 8.99. The summed E-state index contributed by atoms with van der Waals surface area (Å²) in [6.07, 6.45) is 1.86. The first-order valence-corrected chi connectivity index (χ1v) is 4.96. The highest BCUT2D eigenvalue weighted by molar-refractivity contribution is 5.76. The quantitative estimate of drug-likeness (QED) is 0.715. The van der Waals surface area contributed by atoms with Crippen molar-refractivity contribution in [2.24, 2.45) is 0 Å². The van der Waals surface area contributed by atoms with E-state index < -0.39 is 0 Å². The minimum Gasteiger partial charge on any atom is -0.398 e. The molecule has 2 N–H and O–H groups in total. The molecule has 0 amide bonds. The number of nitrogens with zero attached hydrogens (tertiary/aromatic N) is 1. The summed E-state index contributed by atoms with van der Waals surface area (Å²) in [5.74, 6) is 0. The van der Waals surface area contributed by atoms with E-state index in [4.69, 9.17) is 5.73 Å². The van der Waals surface area contributed by atoms with Crippen LogP contribution >= 0.6 is 0 Å². The first-order chi connectivity index (χ1) is 7.16. The van der Waals surface area contributed by atoms with Crippen molar-refractivity contribution in [1.82, 2.24) is 4.98 Å². The molecule has 1 aromatic carbocycles. The third-order valence-corrected chi connectivity index (χ3v) is 2.43. The van der Waals surface area contributed by atoms with Crippen molar-refractivity contribution in [2.45, 2.75) is 13.8 Å². The van der Waals surface area contributed by atoms with Crippen LogP contribution in [0.3, 0.4) is 0 Å². The third-order valence-electron chi connectivity index (χ3n) is 2.43. The number of aromatic nitrogens is 1. The van der Waals surface area contributed by atoms with E-state index in [-0.39, 0.29) is 0 Å². The molecule has 0 unspecified atom stereocenters. The number of aryl methyl sites for hydroxylation is 2. The van der Waals surface area contributed by atoms with Crippen LogP contribution in [0.4, 0.5) is 5.69 Å². The molecule has 2 rings (SSSR count). The predicted octanol–water partition coefficient (Wildman–Crippen LogP) is 2.95. The minimum atomic E-state index is 0.797. The van der Waals surface area contributed by atoms with Gasteiger partial charge in [-0.3, -0.25) is 4.98 Å². The van der Waals surface area contributed by atoms with Crippen molar-refractivity contribution < 1.29 is 0 Å². The first kappa shape index (κ1) is 9.71. The van der Waals surface area contributed by atoms with Gasteiger partial charge in [-0.05, 0) is 32.0 Å². The van der Waals surface area contributed by atoms with Crippen LogP contribution < -0.4 is 5.73 Å². The SMILES string of the molecule is Cc1ccc(N)c(-c2ccc(C)nc2)c1. The number of nitrogen functional groups attached to an aromatic ring is 1. The highest BCUT2D eigenvalue weighted by Gasteiger charge is 2.02. The molecular weight excluding hydrogens is 184 g/mol. The molecule has 0 aliphatic carbocycles. The van der Waals surface area contributed by atoms with Crippen LogP contribution in [0.1, 0.15) is 11.3 Å². The van der Waals surface area contributed by atoms with E-state index >= 15 is 0 Å². The summed E-state index contributed by atoms with van der Waals surface area (Å²) in [5, 5.41) is 0. The highest BCUT2D eigenvalue weighted by atomic mass is 14.7. The lowest BCUT2D eigenvalue weighted by atomic mass is 10.0. The Morgan fingerprint density at radius 1 is 1.07 bits per heavy atom. The fourth-order valence-electron chi connectivity index (χ4n) is 1.55. The Bertz CT molecular complexity index is 472. The second kappa shape index (κ2) is 3.73. The van der Waals surface area contributed by atoms with Crippen LogP contribution in [0.5, 0.6) is 0 Å². The van der Waals surface area contributed by atoms with Gasteiger partial charge in [-0.25, -0.2) is 0 Å². The molecule has 0 atom stereocenters. The molecule has 1 aromatic heterocycles. The van der Waals surface area contributed by atoms with E-state index in [1.165, 1.54) is 5.56 Å². The average molecular weight is 198 g/mol. The number of nitrogens with two attached hydrogens (primary N) is 1. The van der Waals surface area contributed by atoms with Crippen LogP contribution in [0, 0.1) is 13.8 Å². The van der Waals surface area contributed by atoms with Crippen molar-refractivity contribution in [3.63, 3.8) is 0 Å². The normalized spacial score (nSPS) is 10.3. The van der Waals surface area contributed by atoms with Gasteiger partial charge in [0.25, 0.3) is 0 Å². The van der Waals surface area contributed by atoms with Gasteiger partial charge in [-0.2, -0.15) is 0 Å². The maximum Gasteiger partial charge on any atom is 0.0394 e. The average Bonchev–Trinajstić information content (AvgIpc) is 2.23. The number of benzene rings is 1. The molecule has 0 saturated heterocycles. The Hall–Kier alpha value is -1.83. The standard InChI is InChI=1S/C13H14N2/c1-9-3-6-13(14)12(7-9)11-5-4-10(2)15-8-11/h3-8H,14H2,1-2H3. The monoisotopic (exact) mass is 198 g/mol. The number of rotatable bonds is 1. The number of pyridine rings is 1. The molecule has 0 aliphatic rings. The van der Waals surface area contributed by atoms with Crippen LogP contribution in [0.15, 0.2) is 36.5 Å². The minimum absolute atomic E-state index is 0.797. The van der Waals surface area contributed by atoms with E-state index in [0.717, 1.165) is 22.5 Å². The fraction of sp³-hybridized carbons (Fsp3) is 0.154. The van der Waals surface area contributed by atoms with Gasteiger partial charge >= 0.3 is 0 Å². The van der Waals surface area contributed by atoms with E-state index in [1.54, 1.807) is 0 Å². The summed E-state index contributed by atoms with van der Waals surface area (Å²) in [5.41, 5.74) is 11.1. The van der Waals surface area contributed by atoms with Gasteiger partial charge in [0.05, 0.1) is 0 Å². The Morgan fingerprint density at radius 2 is 1.87 bits per heavy atom. The van der Waals surface area contributed by atoms with Crippen LogP contribution in [0.25, 0.3) is 11.1 Å². The van der Waals surface area contributed by atoms with Crippen molar-refractivity contribution in [2.75, 3.05) is 5.73 Å². The van der Waals surface area contributed by atoms with Crippen molar-refractivity contribution >= 4 is 5.69 Å². The maximum atomic E-state index is 5.93. The molecule has 0 radical (unpaired) electrons. The van der Waals surface area contributed by atoms with Gasteiger partial charge < -0.3 is 5.73 Å². The van der Waals surface area contributed by atoms with Gasteiger partial charge in [0.2, 0.25) is 0 Å². The Labute approximate surface area is 89.8 Å². The molecule has 76 valence electrons. The zero-order chi connectivity index (χ0) is 10.8. The Morgan fingerprint density at radius 3 is 2.53 bits per heavy atom. The number of anilines is 1. The summed E-state index contributed by atoms with van der Waals surface area (Å²) in [4.78, 5) is 4.27. The zero-order valence-electron chi connectivity index (χ0n) is 8.99. The van der Waals surface area contributed by atoms with E-state index in [9.17, 15) is 0 Å². The molecule has 2 aromatic rings. The lowest BCUT2D eigenvalue weighted by Crippen LogP contribution is -1.91. The number of hydrogen-bond acceptors (Lipinski definition) is 2. The lowest BCUT2D eigenvalue weighted by molar-refractivity contribution is 1.20. The maximum absolute atomic E-state index is 5.93. The molecule has 15 heavy (non-hydrogen) atoms. The molecule has 0 saturated carbocycles. The van der Waals surface area contributed by atoms with Crippen molar-refractivity contribution in [1.29, 1.82) is 0 Å². The third kappa shape index (κ3) is 1.99. The van der Waals surface area contributed by atoms with Gasteiger partial charge in [0.15, 0.2) is 0 Å². The largest absolute Gasteiger partial charge is 0.398 e. The fourth-order valence-corrected chi connectivity index (χ4v) is 1.55. The molecule has 1 heterocycles. The molecule has 0 aliphatic heterocycles. The summed E-state index contributed by atoms with van der Waals surface area (Å²) in [7, 11) is 0. The van der Waals surface area contributed by atoms with E-state index in [2.05, 4.69) is 18.0 Å². The topological polar surface area (TPSA) is 38.9 Å². The van der Waals surface area contributed by atoms with Gasteiger partial charge in [-0.15, -0.1) is 0 Å². The number of hydrogen-bond donors (Lipinski definition) is 1. The summed E-state index contributed by atoms with van der Waals surface area (Å²) in [6.45, 7) is 4.04. The Kier molecular flexibility index (Phi) is 2.42. The van der Waals surface area contributed by atoms with Crippen molar-refractivity contribution in [3.8, 4) is 11.1 Å².